The SMILES string of the molecule is O=C1CC(O)CN1c1ccc(Br)c2ccccc12. The summed E-state index contributed by atoms with van der Waals surface area (Å²) in [5.74, 6) is -0.0185. The second kappa shape index (κ2) is 4.37. The van der Waals surface area contributed by atoms with Crippen molar-refractivity contribution in [2.75, 3.05) is 11.4 Å². The molecule has 1 unspecified atom stereocenters. The molecule has 3 nitrogen and oxygen atoms in total. The van der Waals surface area contributed by atoms with Gasteiger partial charge in [-0.15, -0.1) is 0 Å². The van der Waals surface area contributed by atoms with Gasteiger partial charge in [-0.05, 0) is 17.5 Å². The highest BCUT2D eigenvalue weighted by atomic mass is 79.9. The topological polar surface area (TPSA) is 40.5 Å². The summed E-state index contributed by atoms with van der Waals surface area (Å²) >= 11 is 3.51. The Morgan fingerprint density at radius 2 is 1.89 bits per heavy atom. The molecule has 2 aromatic carbocycles. The molecule has 0 bridgehead atoms. The summed E-state index contributed by atoms with van der Waals surface area (Å²) in [4.78, 5) is 13.5. The van der Waals surface area contributed by atoms with E-state index in [1.54, 1.807) is 4.90 Å². The Labute approximate surface area is 113 Å². The van der Waals surface area contributed by atoms with Crippen molar-refractivity contribution in [3.63, 3.8) is 0 Å². The molecule has 0 saturated carbocycles. The van der Waals surface area contributed by atoms with E-state index in [1.165, 1.54) is 0 Å². The molecule has 0 aliphatic carbocycles. The minimum atomic E-state index is -0.556. The number of carbonyl (C=O) groups excluding carboxylic acids is 1. The van der Waals surface area contributed by atoms with E-state index >= 15 is 0 Å². The number of aliphatic hydroxyl groups is 1. The van der Waals surface area contributed by atoms with E-state index in [1.807, 2.05) is 36.4 Å². The highest BCUT2D eigenvalue weighted by Gasteiger charge is 2.30. The summed E-state index contributed by atoms with van der Waals surface area (Å²) in [5, 5.41) is 11.7. The van der Waals surface area contributed by atoms with Gasteiger partial charge in [-0.2, -0.15) is 0 Å². The van der Waals surface area contributed by atoms with E-state index in [9.17, 15) is 9.90 Å². The maximum Gasteiger partial charge on any atom is 0.229 e. The van der Waals surface area contributed by atoms with Crippen LogP contribution in [0.1, 0.15) is 6.42 Å². The lowest BCUT2D eigenvalue weighted by Crippen LogP contribution is -2.25. The molecule has 1 atom stereocenters. The van der Waals surface area contributed by atoms with Gasteiger partial charge in [-0.3, -0.25) is 4.79 Å². The molecule has 1 heterocycles. The number of hydrogen-bond donors (Lipinski definition) is 1. The average molecular weight is 306 g/mol. The van der Waals surface area contributed by atoms with Gasteiger partial charge in [0.2, 0.25) is 5.91 Å². The summed E-state index contributed by atoms with van der Waals surface area (Å²) in [7, 11) is 0. The van der Waals surface area contributed by atoms with Crippen molar-refractivity contribution < 1.29 is 9.90 Å². The van der Waals surface area contributed by atoms with Crippen LogP contribution in [0.4, 0.5) is 5.69 Å². The highest BCUT2D eigenvalue weighted by Crippen LogP contribution is 2.34. The lowest BCUT2D eigenvalue weighted by molar-refractivity contribution is -0.117. The Kier molecular flexibility index (Phi) is 2.84. The van der Waals surface area contributed by atoms with Gasteiger partial charge in [-0.1, -0.05) is 40.2 Å². The number of carbonyl (C=O) groups is 1. The van der Waals surface area contributed by atoms with E-state index in [-0.39, 0.29) is 12.3 Å². The lowest BCUT2D eigenvalue weighted by atomic mass is 10.1. The molecule has 1 saturated heterocycles. The number of anilines is 1. The lowest BCUT2D eigenvalue weighted by Gasteiger charge is -2.18. The quantitative estimate of drug-likeness (QED) is 0.880. The van der Waals surface area contributed by atoms with Crippen LogP contribution in [0.2, 0.25) is 0 Å². The van der Waals surface area contributed by atoms with Gasteiger partial charge < -0.3 is 10.0 Å². The molecule has 0 radical (unpaired) electrons. The predicted molar refractivity (Wildman–Crippen MR) is 74.6 cm³/mol. The summed E-state index contributed by atoms with van der Waals surface area (Å²) in [6, 6.07) is 11.8. The van der Waals surface area contributed by atoms with Crippen LogP contribution in [0.25, 0.3) is 10.8 Å². The molecule has 92 valence electrons. The highest BCUT2D eigenvalue weighted by molar-refractivity contribution is 9.10. The van der Waals surface area contributed by atoms with Gasteiger partial charge in [0.05, 0.1) is 24.8 Å². The van der Waals surface area contributed by atoms with Gasteiger partial charge in [0.25, 0.3) is 0 Å². The predicted octanol–water partition coefficient (Wildman–Crippen LogP) is 2.70. The third-order valence-corrected chi connectivity index (χ3v) is 3.93. The third kappa shape index (κ3) is 1.82. The molecule has 1 amide bonds. The Bertz CT molecular complexity index is 626. The zero-order valence-corrected chi connectivity index (χ0v) is 11.2. The third-order valence-electron chi connectivity index (χ3n) is 3.24. The minimum absolute atomic E-state index is 0.0185. The van der Waals surface area contributed by atoms with Gasteiger partial charge in [0.1, 0.15) is 0 Å². The number of fused-ring (bicyclic) bond motifs is 1. The standard InChI is InChI=1S/C14H12BrNO2/c15-12-5-6-13(11-4-2-1-3-10(11)12)16-8-9(17)7-14(16)18/h1-6,9,17H,7-8H2. The Balaban J connectivity index is 2.18. The van der Waals surface area contributed by atoms with Crippen LogP contribution in [0.15, 0.2) is 40.9 Å². The molecule has 1 aliphatic heterocycles. The molecule has 1 fully saturated rings. The van der Waals surface area contributed by atoms with Crippen molar-refractivity contribution in [2.45, 2.75) is 12.5 Å². The van der Waals surface area contributed by atoms with Crippen LogP contribution in [-0.2, 0) is 4.79 Å². The van der Waals surface area contributed by atoms with Crippen LogP contribution in [-0.4, -0.2) is 23.7 Å². The van der Waals surface area contributed by atoms with Crippen LogP contribution < -0.4 is 4.90 Å². The van der Waals surface area contributed by atoms with E-state index < -0.39 is 6.10 Å². The van der Waals surface area contributed by atoms with Crippen LogP contribution in [0, 0.1) is 0 Å². The summed E-state index contributed by atoms with van der Waals surface area (Å²) in [6.45, 7) is 0.379. The fraction of sp³-hybridized carbons (Fsp3) is 0.214. The summed E-state index contributed by atoms with van der Waals surface area (Å²) in [6.07, 6.45) is -0.343. The molecule has 4 heteroatoms. The van der Waals surface area contributed by atoms with E-state index in [0.717, 1.165) is 20.9 Å². The first kappa shape index (κ1) is 11.7. The average Bonchev–Trinajstić information content (AvgIpc) is 2.69. The van der Waals surface area contributed by atoms with Crippen molar-refractivity contribution in [1.82, 2.24) is 0 Å². The van der Waals surface area contributed by atoms with Gasteiger partial charge in [0.15, 0.2) is 0 Å². The summed E-state index contributed by atoms with van der Waals surface area (Å²) in [5.41, 5.74) is 0.871. The maximum atomic E-state index is 11.9. The van der Waals surface area contributed by atoms with Crippen LogP contribution >= 0.6 is 15.9 Å². The van der Waals surface area contributed by atoms with E-state index in [4.69, 9.17) is 0 Å². The zero-order chi connectivity index (χ0) is 12.7. The largest absolute Gasteiger partial charge is 0.391 e. The zero-order valence-electron chi connectivity index (χ0n) is 9.64. The molecule has 0 aromatic heterocycles. The molecule has 2 aromatic rings. The first-order chi connectivity index (χ1) is 8.66. The van der Waals surface area contributed by atoms with Crippen molar-refractivity contribution in [1.29, 1.82) is 0 Å². The molecule has 1 aliphatic rings. The van der Waals surface area contributed by atoms with E-state index in [0.29, 0.717) is 6.54 Å². The van der Waals surface area contributed by atoms with Crippen molar-refractivity contribution in [3.05, 3.63) is 40.9 Å². The number of aliphatic hydroxyl groups excluding tert-OH is 1. The monoisotopic (exact) mass is 305 g/mol. The van der Waals surface area contributed by atoms with Gasteiger partial charge in [0, 0.05) is 9.86 Å². The number of nitrogens with zero attached hydrogens (tertiary/aromatic N) is 1. The van der Waals surface area contributed by atoms with Crippen LogP contribution in [0.5, 0.6) is 0 Å². The maximum absolute atomic E-state index is 11.9. The van der Waals surface area contributed by atoms with Crippen molar-refractivity contribution in [2.24, 2.45) is 0 Å². The van der Waals surface area contributed by atoms with Gasteiger partial charge >= 0.3 is 0 Å². The number of amides is 1. The fourth-order valence-electron chi connectivity index (χ4n) is 2.40. The smallest absolute Gasteiger partial charge is 0.229 e. The molecule has 1 N–H and O–H groups in total. The molecule has 3 rings (SSSR count). The first-order valence-electron chi connectivity index (χ1n) is 5.82. The molecule has 18 heavy (non-hydrogen) atoms. The van der Waals surface area contributed by atoms with Crippen LogP contribution in [0.3, 0.4) is 0 Å². The fourth-order valence-corrected chi connectivity index (χ4v) is 2.88. The number of hydrogen-bond acceptors (Lipinski definition) is 2. The number of β-amino-alcohol motifs (C(OH)–C–C–N with tert-alkyl or cyclic N) is 1. The van der Waals surface area contributed by atoms with E-state index in [2.05, 4.69) is 15.9 Å². The molecule has 0 spiro atoms. The number of benzene rings is 2. The second-order valence-electron chi connectivity index (χ2n) is 4.47. The number of rotatable bonds is 1. The summed E-state index contributed by atoms with van der Waals surface area (Å²) < 4.78 is 1.01. The Hall–Kier alpha value is -1.39. The Morgan fingerprint density at radius 1 is 1.17 bits per heavy atom. The minimum Gasteiger partial charge on any atom is -0.391 e. The number of halogens is 1. The van der Waals surface area contributed by atoms with Crippen molar-refractivity contribution in [3.8, 4) is 0 Å². The Morgan fingerprint density at radius 3 is 2.56 bits per heavy atom. The second-order valence-corrected chi connectivity index (χ2v) is 5.33. The van der Waals surface area contributed by atoms with Crippen molar-refractivity contribution >= 4 is 38.3 Å². The molecular weight excluding hydrogens is 294 g/mol. The van der Waals surface area contributed by atoms with Gasteiger partial charge in [-0.25, -0.2) is 0 Å². The normalized spacial score (nSPS) is 19.8. The molecular formula is C14H12BrNO2. The first-order valence-corrected chi connectivity index (χ1v) is 6.62.